The Morgan fingerprint density at radius 3 is 2.47 bits per heavy atom. The Hall–Kier alpha value is -1.85. The summed E-state index contributed by atoms with van der Waals surface area (Å²) < 4.78 is 1.78. The van der Waals surface area contributed by atoms with Gasteiger partial charge < -0.3 is 10.4 Å². The standard InChI is InChI=1S/C13H21N3O3/c1-5-7-16-9(4)11(8(3)15-16)12(17)14-10(6-2)13(18)19/h10H,5-7H2,1-4H3,(H,14,17)(H,18,19). The maximum atomic E-state index is 12.1. The Kier molecular flexibility index (Phi) is 5.09. The highest BCUT2D eigenvalue weighted by molar-refractivity contribution is 5.98. The molecule has 1 heterocycles. The van der Waals surface area contributed by atoms with Crippen LogP contribution in [0.15, 0.2) is 0 Å². The minimum Gasteiger partial charge on any atom is -0.480 e. The summed E-state index contributed by atoms with van der Waals surface area (Å²) in [7, 11) is 0. The summed E-state index contributed by atoms with van der Waals surface area (Å²) in [6, 6.07) is -0.860. The Balaban J connectivity index is 2.96. The van der Waals surface area contributed by atoms with Gasteiger partial charge in [-0.25, -0.2) is 4.79 Å². The molecule has 0 radical (unpaired) electrons. The van der Waals surface area contributed by atoms with Crippen LogP contribution in [0.25, 0.3) is 0 Å². The van der Waals surface area contributed by atoms with E-state index in [4.69, 9.17) is 5.11 Å². The van der Waals surface area contributed by atoms with Gasteiger partial charge in [0.15, 0.2) is 0 Å². The first-order valence-electron chi connectivity index (χ1n) is 6.50. The van der Waals surface area contributed by atoms with Crippen molar-refractivity contribution in [3.8, 4) is 0 Å². The van der Waals surface area contributed by atoms with E-state index < -0.39 is 12.0 Å². The molecule has 19 heavy (non-hydrogen) atoms. The SMILES string of the molecule is CCCn1nc(C)c(C(=O)NC(CC)C(=O)O)c1C. The first kappa shape index (κ1) is 15.2. The molecule has 1 aromatic rings. The molecule has 0 saturated carbocycles. The number of aromatic nitrogens is 2. The van der Waals surface area contributed by atoms with Gasteiger partial charge in [0.05, 0.1) is 11.3 Å². The normalized spacial score (nSPS) is 12.2. The van der Waals surface area contributed by atoms with E-state index in [0.29, 0.717) is 17.7 Å². The number of aliphatic carboxylic acids is 1. The number of amides is 1. The lowest BCUT2D eigenvalue weighted by molar-refractivity contribution is -0.139. The van der Waals surface area contributed by atoms with Crippen LogP contribution >= 0.6 is 0 Å². The highest BCUT2D eigenvalue weighted by atomic mass is 16.4. The fourth-order valence-corrected chi connectivity index (χ4v) is 2.02. The van der Waals surface area contributed by atoms with Crippen molar-refractivity contribution in [1.29, 1.82) is 0 Å². The summed E-state index contributed by atoms with van der Waals surface area (Å²) in [5.41, 5.74) is 1.88. The summed E-state index contributed by atoms with van der Waals surface area (Å²) >= 11 is 0. The molecule has 1 unspecified atom stereocenters. The van der Waals surface area contributed by atoms with Crippen LogP contribution in [0.2, 0.25) is 0 Å². The van der Waals surface area contributed by atoms with Gasteiger partial charge in [-0.1, -0.05) is 13.8 Å². The van der Waals surface area contributed by atoms with Crippen molar-refractivity contribution in [3.63, 3.8) is 0 Å². The summed E-state index contributed by atoms with van der Waals surface area (Å²) in [5, 5.41) is 15.8. The molecule has 0 saturated heterocycles. The van der Waals surface area contributed by atoms with E-state index in [9.17, 15) is 9.59 Å². The molecular formula is C13H21N3O3. The molecule has 2 N–H and O–H groups in total. The van der Waals surface area contributed by atoms with E-state index in [0.717, 1.165) is 18.7 Å². The first-order chi connectivity index (χ1) is 8.92. The average Bonchev–Trinajstić information content (AvgIpc) is 2.61. The van der Waals surface area contributed by atoms with Crippen molar-refractivity contribution in [1.82, 2.24) is 15.1 Å². The molecule has 6 heteroatoms. The minimum absolute atomic E-state index is 0.349. The minimum atomic E-state index is -1.02. The van der Waals surface area contributed by atoms with E-state index in [2.05, 4.69) is 10.4 Å². The van der Waals surface area contributed by atoms with Crippen LogP contribution < -0.4 is 5.32 Å². The second-order valence-corrected chi connectivity index (χ2v) is 4.54. The number of carboxylic acid groups (broad SMARTS) is 1. The molecule has 1 rings (SSSR count). The molecule has 0 aromatic carbocycles. The summed E-state index contributed by atoms with van der Waals surface area (Å²) in [6.07, 6.45) is 1.28. The van der Waals surface area contributed by atoms with E-state index in [1.807, 2.05) is 13.8 Å². The van der Waals surface area contributed by atoms with Gasteiger partial charge in [-0.3, -0.25) is 9.48 Å². The molecule has 0 spiro atoms. The zero-order chi connectivity index (χ0) is 14.6. The second kappa shape index (κ2) is 6.36. The predicted octanol–water partition coefficient (Wildman–Crippen LogP) is 1.50. The van der Waals surface area contributed by atoms with Crippen molar-refractivity contribution < 1.29 is 14.7 Å². The number of nitrogens with zero attached hydrogens (tertiary/aromatic N) is 2. The number of nitrogens with one attached hydrogen (secondary N) is 1. The zero-order valence-corrected chi connectivity index (χ0v) is 11.9. The van der Waals surface area contributed by atoms with Crippen LogP contribution in [0.3, 0.4) is 0 Å². The molecule has 1 atom stereocenters. The van der Waals surface area contributed by atoms with Gasteiger partial charge in [0.1, 0.15) is 6.04 Å². The molecule has 0 fully saturated rings. The zero-order valence-electron chi connectivity index (χ0n) is 11.9. The molecule has 0 aliphatic rings. The lowest BCUT2D eigenvalue weighted by Gasteiger charge is -2.12. The maximum absolute atomic E-state index is 12.1. The van der Waals surface area contributed by atoms with Crippen molar-refractivity contribution in [3.05, 3.63) is 17.0 Å². The number of aryl methyl sites for hydroxylation is 2. The van der Waals surface area contributed by atoms with Gasteiger partial charge >= 0.3 is 5.97 Å². The number of hydrogen-bond acceptors (Lipinski definition) is 3. The second-order valence-electron chi connectivity index (χ2n) is 4.54. The maximum Gasteiger partial charge on any atom is 0.326 e. The van der Waals surface area contributed by atoms with Gasteiger partial charge in [-0.2, -0.15) is 5.10 Å². The molecule has 0 bridgehead atoms. The molecule has 6 nitrogen and oxygen atoms in total. The summed E-state index contributed by atoms with van der Waals surface area (Å²) in [6.45, 7) is 8.09. The van der Waals surface area contributed by atoms with E-state index in [1.165, 1.54) is 0 Å². The Morgan fingerprint density at radius 1 is 1.37 bits per heavy atom. The number of carboxylic acids is 1. The highest BCUT2D eigenvalue weighted by Gasteiger charge is 2.23. The van der Waals surface area contributed by atoms with Crippen molar-refractivity contribution in [2.45, 2.75) is 53.1 Å². The monoisotopic (exact) mass is 267 g/mol. The van der Waals surface area contributed by atoms with Crippen LogP contribution in [-0.2, 0) is 11.3 Å². The van der Waals surface area contributed by atoms with E-state index >= 15 is 0 Å². The molecular weight excluding hydrogens is 246 g/mol. The molecule has 106 valence electrons. The van der Waals surface area contributed by atoms with Crippen molar-refractivity contribution in [2.75, 3.05) is 0 Å². The molecule has 0 aliphatic heterocycles. The summed E-state index contributed by atoms with van der Waals surface area (Å²) in [4.78, 5) is 23.1. The predicted molar refractivity (Wildman–Crippen MR) is 71.2 cm³/mol. The quantitative estimate of drug-likeness (QED) is 0.818. The molecule has 1 aromatic heterocycles. The van der Waals surface area contributed by atoms with Gasteiger partial charge in [-0.05, 0) is 26.7 Å². The summed E-state index contributed by atoms with van der Waals surface area (Å²) in [5.74, 6) is -1.39. The number of carbonyl (C=O) groups excluding carboxylic acids is 1. The van der Waals surface area contributed by atoms with Gasteiger partial charge in [0, 0.05) is 12.2 Å². The topological polar surface area (TPSA) is 84.2 Å². The first-order valence-corrected chi connectivity index (χ1v) is 6.50. The van der Waals surface area contributed by atoms with Crippen molar-refractivity contribution in [2.24, 2.45) is 0 Å². The van der Waals surface area contributed by atoms with Crippen LogP contribution in [0, 0.1) is 13.8 Å². The largest absolute Gasteiger partial charge is 0.480 e. The third-order valence-electron chi connectivity index (χ3n) is 3.06. The van der Waals surface area contributed by atoms with Crippen molar-refractivity contribution >= 4 is 11.9 Å². The highest BCUT2D eigenvalue weighted by Crippen LogP contribution is 2.14. The van der Waals surface area contributed by atoms with Gasteiger partial charge in [0.2, 0.25) is 0 Å². The molecule has 0 aliphatic carbocycles. The fourth-order valence-electron chi connectivity index (χ4n) is 2.02. The molecule has 1 amide bonds. The van der Waals surface area contributed by atoms with Gasteiger partial charge in [0.25, 0.3) is 5.91 Å². The third kappa shape index (κ3) is 3.33. The number of rotatable bonds is 6. The Bertz CT molecular complexity index is 480. The third-order valence-corrected chi connectivity index (χ3v) is 3.06. The van der Waals surface area contributed by atoms with Gasteiger partial charge in [-0.15, -0.1) is 0 Å². The lowest BCUT2D eigenvalue weighted by atomic mass is 10.1. The van der Waals surface area contributed by atoms with Crippen LogP contribution in [0.5, 0.6) is 0 Å². The van der Waals surface area contributed by atoms with Crippen LogP contribution in [0.1, 0.15) is 48.4 Å². The van der Waals surface area contributed by atoms with E-state index in [1.54, 1.807) is 18.5 Å². The Morgan fingerprint density at radius 2 is 2.00 bits per heavy atom. The number of carbonyl (C=O) groups is 2. The lowest BCUT2D eigenvalue weighted by Crippen LogP contribution is -2.40. The smallest absolute Gasteiger partial charge is 0.326 e. The number of hydrogen-bond donors (Lipinski definition) is 2. The Labute approximate surface area is 112 Å². The van der Waals surface area contributed by atoms with Crippen LogP contribution in [-0.4, -0.2) is 32.8 Å². The average molecular weight is 267 g/mol. The van der Waals surface area contributed by atoms with E-state index in [-0.39, 0.29) is 5.91 Å². The van der Waals surface area contributed by atoms with Crippen LogP contribution in [0.4, 0.5) is 0 Å². The fraction of sp³-hybridized carbons (Fsp3) is 0.615.